The number of nitrogens with zero attached hydrogens (tertiary/aromatic N) is 2. The quantitative estimate of drug-likeness (QED) is 0.941. The van der Waals surface area contributed by atoms with E-state index in [-0.39, 0.29) is 17.2 Å². The predicted molar refractivity (Wildman–Crippen MR) is 89.9 cm³/mol. The van der Waals surface area contributed by atoms with Crippen LogP contribution in [-0.2, 0) is 16.8 Å². The summed E-state index contributed by atoms with van der Waals surface area (Å²) in [7, 11) is 0. The van der Waals surface area contributed by atoms with Gasteiger partial charge >= 0.3 is 0 Å². The van der Waals surface area contributed by atoms with E-state index in [4.69, 9.17) is 4.74 Å². The molecule has 1 N–H and O–H groups in total. The number of rotatable bonds is 4. The number of hydrogen-bond acceptors (Lipinski definition) is 3. The molecule has 0 bridgehead atoms. The first-order chi connectivity index (χ1) is 11.7. The second kappa shape index (κ2) is 5.10. The Kier molecular flexibility index (Phi) is 2.99. The van der Waals surface area contributed by atoms with Gasteiger partial charge in [-0.15, -0.1) is 0 Å². The molecule has 3 aliphatic rings. The number of benzene rings is 1. The first-order valence-corrected chi connectivity index (χ1v) is 8.80. The highest BCUT2D eigenvalue weighted by molar-refractivity contribution is 5.96. The Hall–Kier alpha value is -2.30. The number of fused-ring (bicyclic) bond motifs is 2. The van der Waals surface area contributed by atoms with E-state index in [2.05, 4.69) is 16.5 Å². The van der Waals surface area contributed by atoms with Crippen LogP contribution >= 0.6 is 0 Å². The van der Waals surface area contributed by atoms with Gasteiger partial charge in [-0.3, -0.25) is 9.48 Å². The van der Waals surface area contributed by atoms with Gasteiger partial charge in [0, 0.05) is 29.6 Å². The van der Waals surface area contributed by atoms with Gasteiger partial charge in [-0.1, -0.05) is 18.2 Å². The summed E-state index contributed by atoms with van der Waals surface area (Å²) in [5.74, 6) is 1.86. The molecule has 5 heteroatoms. The molecule has 0 radical (unpaired) electrons. The minimum absolute atomic E-state index is 0.0249. The lowest BCUT2D eigenvalue weighted by molar-refractivity contribution is -0.117. The van der Waals surface area contributed by atoms with Crippen LogP contribution < -0.4 is 10.1 Å². The van der Waals surface area contributed by atoms with Crippen LogP contribution in [0.25, 0.3) is 0 Å². The van der Waals surface area contributed by atoms with Crippen molar-refractivity contribution in [2.45, 2.75) is 37.6 Å². The first-order valence-electron chi connectivity index (χ1n) is 8.80. The highest BCUT2D eigenvalue weighted by Gasteiger charge is 2.61. The lowest BCUT2D eigenvalue weighted by Gasteiger charge is -2.26. The van der Waals surface area contributed by atoms with Crippen molar-refractivity contribution in [1.29, 1.82) is 0 Å². The lowest BCUT2D eigenvalue weighted by Crippen LogP contribution is -2.26. The number of ether oxygens (including phenoxy) is 1. The fraction of sp³-hybridized carbons (Fsp3) is 0.474. The molecule has 2 atom stereocenters. The highest BCUT2D eigenvalue weighted by atomic mass is 16.5. The average molecular weight is 323 g/mol. The number of anilines is 1. The van der Waals surface area contributed by atoms with Crippen LogP contribution in [0.4, 0.5) is 5.69 Å². The maximum absolute atomic E-state index is 12.7. The van der Waals surface area contributed by atoms with Gasteiger partial charge in [0.05, 0.1) is 18.5 Å². The Morgan fingerprint density at radius 1 is 1.38 bits per heavy atom. The molecule has 2 saturated carbocycles. The van der Waals surface area contributed by atoms with Crippen molar-refractivity contribution in [1.82, 2.24) is 9.78 Å². The normalized spacial score (nSPS) is 27.4. The molecule has 1 aromatic carbocycles. The van der Waals surface area contributed by atoms with Gasteiger partial charge < -0.3 is 10.1 Å². The van der Waals surface area contributed by atoms with Crippen molar-refractivity contribution in [3.8, 4) is 5.75 Å². The molecule has 24 heavy (non-hydrogen) atoms. The van der Waals surface area contributed by atoms with E-state index in [1.165, 1.54) is 18.4 Å². The topological polar surface area (TPSA) is 56.2 Å². The number of carbonyl (C=O) groups excluding carboxylic acids is 1. The Morgan fingerprint density at radius 3 is 3.12 bits per heavy atom. The van der Waals surface area contributed by atoms with Crippen molar-refractivity contribution in [3.05, 3.63) is 42.2 Å². The zero-order valence-corrected chi connectivity index (χ0v) is 13.6. The van der Waals surface area contributed by atoms with E-state index in [1.807, 2.05) is 29.1 Å². The molecule has 1 aromatic heterocycles. The maximum Gasteiger partial charge on any atom is 0.228 e. The Morgan fingerprint density at radius 2 is 2.25 bits per heavy atom. The first kappa shape index (κ1) is 14.1. The number of nitrogens with one attached hydrogen (secondary N) is 1. The lowest BCUT2D eigenvalue weighted by atomic mass is 9.87. The second-order valence-corrected chi connectivity index (χ2v) is 7.39. The Labute approximate surface area is 141 Å². The van der Waals surface area contributed by atoms with Crippen molar-refractivity contribution < 1.29 is 9.53 Å². The van der Waals surface area contributed by atoms with E-state index in [9.17, 15) is 4.79 Å². The summed E-state index contributed by atoms with van der Waals surface area (Å²) in [6.45, 7) is 1.66. The molecule has 2 fully saturated rings. The van der Waals surface area contributed by atoms with Crippen molar-refractivity contribution >= 4 is 11.6 Å². The van der Waals surface area contributed by atoms with Crippen LogP contribution in [0.2, 0.25) is 0 Å². The number of aromatic nitrogens is 2. The van der Waals surface area contributed by atoms with Crippen LogP contribution in [0, 0.1) is 11.8 Å². The summed E-state index contributed by atoms with van der Waals surface area (Å²) < 4.78 is 7.69. The van der Waals surface area contributed by atoms with Gasteiger partial charge in [0.25, 0.3) is 0 Å². The van der Waals surface area contributed by atoms with Crippen molar-refractivity contribution in [3.63, 3.8) is 0 Å². The smallest absolute Gasteiger partial charge is 0.228 e. The standard InChI is InChI=1S/C19H21N3O2/c23-18(21-14-10-20-22(12-14)11-13-5-6-13)16-9-19(16)7-8-24-17-4-2-1-3-15(17)19/h1-4,10,12-13,16H,5-9,11H2,(H,21,23). The third kappa shape index (κ3) is 2.30. The van der Waals surface area contributed by atoms with Gasteiger partial charge in [0.15, 0.2) is 0 Å². The van der Waals surface area contributed by atoms with E-state index in [0.717, 1.165) is 36.7 Å². The van der Waals surface area contributed by atoms with Crippen molar-refractivity contribution in [2.24, 2.45) is 11.8 Å². The van der Waals surface area contributed by atoms with Crippen LogP contribution in [0.1, 0.15) is 31.2 Å². The molecule has 124 valence electrons. The van der Waals surface area contributed by atoms with E-state index < -0.39 is 0 Å². The molecule has 5 rings (SSSR count). The van der Waals surface area contributed by atoms with Gasteiger partial charge in [0.2, 0.25) is 5.91 Å². The third-order valence-electron chi connectivity index (χ3n) is 5.66. The molecule has 1 spiro atoms. The van der Waals surface area contributed by atoms with E-state index >= 15 is 0 Å². The molecular weight excluding hydrogens is 302 g/mol. The molecule has 2 heterocycles. The molecule has 1 amide bonds. The van der Waals surface area contributed by atoms with Crippen LogP contribution in [0.15, 0.2) is 36.7 Å². The Balaban J connectivity index is 1.30. The van der Waals surface area contributed by atoms with E-state index in [0.29, 0.717) is 6.61 Å². The monoisotopic (exact) mass is 323 g/mol. The minimum Gasteiger partial charge on any atom is -0.493 e. The SMILES string of the molecule is O=C(Nc1cnn(CC2CC2)c1)C1CC12CCOc1ccccc12. The summed E-state index contributed by atoms with van der Waals surface area (Å²) >= 11 is 0. The van der Waals surface area contributed by atoms with Crippen LogP contribution in [-0.4, -0.2) is 22.3 Å². The zero-order valence-electron chi connectivity index (χ0n) is 13.6. The third-order valence-corrected chi connectivity index (χ3v) is 5.66. The molecule has 1 aliphatic heterocycles. The number of para-hydroxylation sites is 1. The fourth-order valence-corrected chi connectivity index (χ4v) is 4.03. The maximum atomic E-state index is 12.7. The summed E-state index contributed by atoms with van der Waals surface area (Å²) in [6, 6.07) is 8.13. The minimum atomic E-state index is -0.0249. The highest BCUT2D eigenvalue weighted by Crippen LogP contribution is 2.60. The second-order valence-electron chi connectivity index (χ2n) is 7.39. The fourth-order valence-electron chi connectivity index (χ4n) is 4.03. The van der Waals surface area contributed by atoms with Crippen molar-refractivity contribution in [2.75, 3.05) is 11.9 Å². The van der Waals surface area contributed by atoms with Crippen LogP contribution in [0.5, 0.6) is 5.75 Å². The average Bonchev–Trinajstić information content (AvgIpc) is 3.49. The largest absolute Gasteiger partial charge is 0.493 e. The summed E-state index contributed by atoms with van der Waals surface area (Å²) in [6.07, 6.45) is 8.14. The molecule has 0 saturated heterocycles. The van der Waals surface area contributed by atoms with E-state index in [1.54, 1.807) is 6.20 Å². The number of carbonyl (C=O) groups is 1. The summed E-state index contributed by atoms with van der Waals surface area (Å²) in [4.78, 5) is 12.7. The molecule has 5 nitrogen and oxygen atoms in total. The Bertz CT molecular complexity index is 795. The zero-order chi connectivity index (χ0) is 16.1. The molecule has 2 aliphatic carbocycles. The number of amides is 1. The van der Waals surface area contributed by atoms with Gasteiger partial charge in [0.1, 0.15) is 5.75 Å². The summed E-state index contributed by atoms with van der Waals surface area (Å²) in [5.41, 5.74) is 1.98. The van der Waals surface area contributed by atoms with Crippen LogP contribution in [0.3, 0.4) is 0 Å². The summed E-state index contributed by atoms with van der Waals surface area (Å²) in [5, 5.41) is 7.41. The van der Waals surface area contributed by atoms with Gasteiger partial charge in [-0.2, -0.15) is 5.10 Å². The molecule has 2 unspecified atom stereocenters. The molecule has 2 aromatic rings. The predicted octanol–water partition coefficient (Wildman–Crippen LogP) is 2.97. The molecular formula is C19H21N3O2. The van der Waals surface area contributed by atoms with Gasteiger partial charge in [-0.25, -0.2) is 0 Å². The van der Waals surface area contributed by atoms with Gasteiger partial charge in [-0.05, 0) is 37.7 Å². The number of hydrogen-bond donors (Lipinski definition) is 1.